The van der Waals surface area contributed by atoms with Gasteiger partial charge in [0, 0.05) is 0 Å². The Morgan fingerprint density at radius 3 is 2.00 bits per heavy atom. The molecule has 2 unspecified atom stereocenters. The SMILES string of the molecule is CCC[CH2][Sn]([O]C(=O)/C=C/C(=O)O)([CH](C)CC)[CH](C)CC. The van der Waals surface area contributed by atoms with Gasteiger partial charge in [0.25, 0.3) is 0 Å². The summed E-state index contributed by atoms with van der Waals surface area (Å²) in [4.78, 5) is 22.6. The van der Waals surface area contributed by atoms with E-state index in [1.54, 1.807) is 0 Å². The Balaban J connectivity index is 5.33. The van der Waals surface area contributed by atoms with Crippen molar-refractivity contribution < 1.29 is 17.8 Å². The molecule has 0 aliphatic carbocycles. The van der Waals surface area contributed by atoms with Crippen molar-refractivity contribution in [2.24, 2.45) is 0 Å². The monoisotopic (exact) mass is 406 g/mol. The normalized spacial score (nSPS) is 17.2. The average molecular weight is 405 g/mol. The van der Waals surface area contributed by atoms with Gasteiger partial charge < -0.3 is 0 Å². The third kappa shape index (κ3) is 6.41. The summed E-state index contributed by atoms with van der Waals surface area (Å²) >= 11 is -3.14. The molecule has 1 N–H and O–H groups in total. The van der Waals surface area contributed by atoms with Crippen LogP contribution >= 0.6 is 0 Å². The summed E-state index contributed by atoms with van der Waals surface area (Å²) in [6.07, 6.45) is 6.13. The molecule has 0 saturated carbocycles. The minimum absolute atomic E-state index is 0.447. The number of aliphatic carboxylic acids is 1. The van der Waals surface area contributed by atoms with Crippen LogP contribution in [0.4, 0.5) is 0 Å². The molecule has 0 aromatic rings. The van der Waals surface area contributed by atoms with Gasteiger partial charge in [0.2, 0.25) is 0 Å². The molecule has 0 spiro atoms. The zero-order valence-electron chi connectivity index (χ0n) is 14.0. The van der Waals surface area contributed by atoms with Crippen molar-refractivity contribution in [3.05, 3.63) is 12.2 Å². The van der Waals surface area contributed by atoms with E-state index in [1.165, 1.54) is 0 Å². The quantitative estimate of drug-likeness (QED) is 0.429. The maximum absolute atomic E-state index is 12.0. The summed E-state index contributed by atoms with van der Waals surface area (Å²) in [7, 11) is 0. The van der Waals surface area contributed by atoms with Crippen molar-refractivity contribution >= 4 is 30.7 Å². The Morgan fingerprint density at radius 1 is 1.10 bits per heavy atom. The van der Waals surface area contributed by atoms with Gasteiger partial charge in [-0.2, -0.15) is 0 Å². The van der Waals surface area contributed by atoms with Crippen molar-refractivity contribution in [3.63, 3.8) is 0 Å². The van der Waals surface area contributed by atoms with Crippen molar-refractivity contribution in [2.45, 2.75) is 72.6 Å². The van der Waals surface area contributed by atoms with Crippen LogP contribution in [0.5, 0.6) is 0 Å². The first-order chi connectivity index (χ1) is 9.83. The molecule has 0 bridgehead atoms. The van der Waals surface area contributed by atoms with Crippen molar-refractivity contribution in [3.8, 4) is 0 Å². The number of unbranched alkanes of at least 4 members (excludes halogenated alkanes) is 1. The Kier molecular flexibility index (Phi) is 9.99. The molecule has 4 nitrogen and oxygen atoms in total. The van der Waals surface area contributed by atoms with Gasteiger partial charge >= 0.3 is 133 Å². The number of hydrogen-bond acceptors (Lipinski definition) is 3. The Hall–Kier alpha value is -0.521. The van der Waals surface area contributed by atoms with Crippen molar-refractivity contribution in [1.82, 2.24) is 0 Å². The van der Waals surface area contributed by atoms with Gasteiger partial charge in [0.05, 0.1) is 0 Å². The molecule has 0 amide bonds. The van der Waals surface area contributed by atoms with Gasteiger partial charge in [-0.25, -0.2) is 0 Å². The third-order valence-corrected chi connectivity index (χ3v) is 21.2. The molecule has 0 heterocycles. The van der Waals surface area contributed by atoms with Gasteiger partial charge in [0.15, 0.2) is 0 Å². The molecule has 0 aromatic heterocycles. The van der Waals surface area contributed by atoms with E-state index in [9.17, 15) is 9.59 Å². The molecule has 0 saturated heterocycles. The molecule has 2 atom stereocenters. The first kappa shape index (κ1) is 20.5. The second-order valence-electron chi connectivity index (χ2n) is 5.77. The molecule has 0 aliphatic heterocycles. The standard InChI is InChI=1S/C4H4O4.3C4H9.Sn/c5-3(6)1-2-4(7)8;3*1-3-4-2;/h1-2H,(H,5,6)(H,7,8);2*3H,4H2,1-2H3;1,3-4H2,2H3;/q;;;;+1/p-1/b2-1+;;;;. The summed E-state index contributed by atoms with van der Waals surface area (Å²) < 4.78 is 7.94. The second-order valence-corrected chi connectivity index (χ2v) is 18.9. The van der Waals surface area contributed by atoms with Crippen LogP contribution in [-0.4, -0.2) is 35.8 Å². The van der Waals surface area contributed by atoms with Gasteiger partial charge in [-0.15, -0.1) is 0 Å². The number of rotatable bonds is 10. The third-order valence-electron chi connectivity index (χ3n) is 4.47. The fourth-order valence-corrected chi connectivity index (χ4v) is 17.6. The molecule has 122 valence electrons. The average Bonchev–Trinajstić information content (AvgIpc) is 2.47. The number of carbonyl (C=O) groups is 2. The van der Waals surface area contributed by atoms with Gasteiger partial charge in [-0.05, 0) is 0 Å². The molecular formula is C16H30O4Sn. The zero-order valence-corrected chi connectivity index (χ0v) is 16.9. The summed E-state index contributed by atoms with van der Waals surface area (Å²) in [5.74, 6) is -1.58. The Morgan fingerprint density at radius 2 is 1.62 bits per heavy atom. The van der Waals surface area contributed by atoms with E-state index in [0.717, 1.165) is 42.3 Å². The van der Waals surface area contributed by atoms with Crippen LogP contribution in [0.3, 0.4) is 0 Å². The molecule has 0 aliphatic rings. The van der Waals surface area contributed by atoms with E-state index in [1.807, 2.05) is 0 Å². The molecule has 0 rings (SSSR count). The van der Waals surface area contributed by atoms with E-state index < -0.39 is 30.7 Å². The number of carboxylic acid groups (broad SMARTS) is 1. The summed E-state index contributed by atoms with van der Waals surface area (Å²) in [6.45, 7) is 10.8. The van der Waals surface area contributed by atoms with Gasteiger partial charge in [0.1, 0.15) is 0 Å². The van der Waals surface area contributed by atoms with Crippen LogP contribution in [0.2, 0.25) is 12.3 Å². The van der Waals surface area contributed by atoms with E-state index >= 15 is 0 Å². The maximum atomic E-state index is 12.0. The van der Waals surface area contributed by atoms with Gasteiger partial charge in [-0.3, -0.25) is 0 Å². The number of carbonyl (C=O) groups excluding carboxylic acids is 1. The first-order valence-corrected chi connectivity index (χ1v) is 14.5. The molecular weight excluding hydrogens is 375 g/mol. The molecule has 0 radical (unpaired) electrons. The van der Waals surface area contributed by atoms with Crippen molar-refractivity contribution in [1.29, 1.82) is 0 Å². The van der Waals surface area contributed by atoms with Crippen LogP contribution in [0.15, 0.2) is 12.2 Å². The first-order valence-electron chi connectivity index (χ1n) is 7.97. The van der Waals surface area contributed by atoms with Crippen LogP contribution in [0.25, 0.3) is 0 Å². The van der Waals surface area contributed by atoms with Crippen LogP contribution in [-0.2, 0) is 12.7 Å². The molecule has 0 aromatic carbocycles. The number of carboxylic acids is 1. The van der Waals surface area contributed by atoms with Crippen molar-refractivity contribution in [2.75, 3.05) is 0 Å². The van der Waals surface area contributed by atoms with E-state index in [4.69, 9.17) is 8.18 Å². The molecule has 5 heteroatoms. The number of hydrogen-bond donors (Lipinski definition) is 1. The summed E-state index contributed by atoms with van der Waals surface area (Å²) in [6, 6.07) is 0. The zero-order chi connectivity index (χ0) is 16.5. The Labute approximate surface area is 133 Å². The fourth-order valence-electron chi connectivity index (χ4n) is 2.74. The predicted octanol–water partition coefficient (Wildman–Crippen LogP) is 4.52. The van der Waals surface area contributed by atoms with E-state index in [2.05, 4.69) is 34.6 Å². The topological polar surface area (TPSA) is 63.6 Å². The molecule has 21 heavy (non-hydrogen) atoms. The summed E-state index contributed by atoms with van der Waals surface area (Å²) in [5, 5.41) is 8.64. The Bertz CT molecular complexity index is 355. The summed E-state index contributed by atoms with van der Waals surface area (Å²) in [5.41, 5.74) is 0. The van der Waals surface area contributed by atoms with E-state index in [0.29, 0.717) is 7.87 Å². The predicted molar refractivity (Wildman–Crippen MR) is 87.8 cm³/mol. The molecule has 0 fully saturated rings. The minimum atomic E-state index is -3.14. The van der Waals surface area contributed by atoms with Crippen LogP contribution in [0, 0.1) is 0 Å². The van der Waals surface area contributed by atoms with Crippen LogP contribution in [0.1, 0.15) is 60.3 Å². The van der Waals surface area contributed by atoms with E-state index in [-0.39, 0.29) is 0 Å². The fraction of sp³-hybridized carbons (Fsp3) is 0.750. The van der Waals surface area contributed by atoms with Gasteiger partial charge in [-0.1, -0.05) is 0 Å². The second kappa shape index (κ2) is 10.2. The van der Waals surface area contributed by atoms with Crippen LogP contribution < -0.4 is 0 Å².